The molecule has 3 amide bonds. The van der Waals surface area contributed by atoms with Gasteiger partial charge in [0.15, 0.2) is 0 Å². The summed E-state index contributed by atoms with van der Waals surface area (Å²) in [6.45, 7) is 0. The van der Waals surface area contributed by atoms with Gasteiger partial charge in [0.2, 0.25) is 0 Å². The fourth-order valence-corrected chi connectivity index (χ4v) is 3.70. The second kappa shape index (κ2) is 12.2. The van der Waals surface area contributed by atoms with E-state index in [9.17, 15) is 34.1 Å². The minimum Gasteiger partial charge on any atom is -0.478 e. The largest absolute Gasteiger partial charge is 0.478 e. The van der Waals surface area contributed by atoms with Crippen molar-refractivity contribution in [3.05, 3.63) is 129 Å². The maximum atomic E-state index is 13.1. The number of carbonyl (C=O) groups excluding carboxylic acids is 3. The van der Waals surface area contributed by atoms with Crippen molar-refractivity contribution < 1.29 is 39.1 Å². The molecule has 0 aromatic heterocycles. The zero-order chi connectivity index (χ0) is 30.4. The summed E-state index contributed by atoms with van der Waals surface area (Å²) in [4.78, 5) is 71.5. The van der Waals surface area contributed by atoms with E-state index in [2.05, 4.69) is 16.0 Å². The summed E-state index contributed by atoms with van der Waals surface area (Å²) < 4.78 is 0. The molecular formula is C29H20N4O9. The average Bonchev–Trinajstić information content (AvgIpc) is 2.97. The number of rotatable bonds is 9. The highest BCUT2D eigenvalue weighted by Gasteiger charge is 2.17. The number of hydrogen-bond donors (Lipinski definition) is 5. The van der Waals surface area contributed by atoms with Gasteiger partial charge in [0.05, 0.1) is 16.1 Å². The monoisotopic (exact) mass is 568 g/mol. The Kier molecular flexibility index (Phi) is 8.33. The summed E-state index contributed by atoms with van der Waals surface area (Å²) in [5.41, 5.74) is 0.424. The van der Waals surface area contributed by atoms with Crippen molar-refractivity contribution in [3.8, 4) is 0 Å². The van der Waals surface area contributed by atoms with Crippen LogP contribution in [0.4, 0.5) is 22.7 Å². The van der Waals surface area contributed by atoms with Gasteiger partial charge in [0, 0.05) is 45.9 Å². The minimum absolute atomic E-state index is 0.0132. The molecule has 0 aliphatic carbocycles. The number of carbonyl (C=O) groups is 5. The lowest BCUT2D eigenvalue weighted by Gasteiger charge is -2.12. The Labute approximate surface area is 236 Å². The molecule has 0 heterocycles. The normalized spacial score (nSPS) is 10.3. The van der Waals surface area contributed by atoms with E-state index in [1.54, 1.807) is 0 Å². The Hall–Kier alpha value is -6.37. The molecule has 0 saturated heterocycles. The van der Waals surface area contributed by atoms with E-state index in [1.165, 1.54) is 91.0 Å². The molecule has 0 atom stereocenters. The number of aromatic carboxylic acids is 2. The van der Waals surface area contributed by atoms with Crippen molar-refractivity contribution in [2.75, 3.05) is 16.0 Å². The van der Waals surface area contributed by atoms with Gasteiger partial charge in [0.1, 0.15) is 0 Å². The van der Waals surface area contributed by atoms with Crippen molar-refractivity contribution in [2.24, 2.45) is 0 Å². The van der Waals surface area contributed by atoms with Crippen molar-refractivity contribution in [1.29, 1.82) is 0 Å². The summed E-state index contributed by atoms with van der Waals surface area (Å²) in [5.74, 6) is -4.31. The van der Waals surface area contributed by atoms with Crippen LogP contribution in [0.15, 0.2) is 91.0 Å². The molecule has 0 radical (unpaired) electrons. The molecule has 13 heteroatoms. The minimum atomic E-state index is -1.16. The number of nitro benzene ring substituents is 1. The van der Waals surface area contributed by atoms with E-state index in [1.807, 2.05) is 0 Å². The van der Waals surface area contributed by atoms with Gasteiger partial charge in [-0.3, -0.25) is 24.5 Å². The molecule has 0 spiro atoms. The van der Waals surface area contributed by atoms with Crippen LogP contribution in [0.2, 0.25) is 0 Å². The van der Waals surface area contributed by atoms with Crippen LogP contribution in [0, 0.1) is 10.1 Å². The number of non-ortho nitro benzene ring substituents is 1. The highest BCUT2D eigenvalue weighted by Crippen LogP contribution is 2.21. The van der Waals surface area contributed by atoms with E-state index >= 15 is 0 Å². The molecule has 4 aromatic carbocycles. The summed E-state index contributed by atoms with van der Waals surface area (Å²) in [6.07, 6.45) is 0. The first-order chi connectivity index (χ1) is 20.0. The molecule has 0 fully saturated rings. The lowest BCUT2D eigenvalue weighted by atomic mass is 10.1. The number of carboxylic acids is 2. The molecule has 0 aliphatic rings. The van der Waals surface area contributed by atoms with Crippen LogP contribution >= 0.6 is 0 Å². The van der Waals surface area contributed by atoms with Crippen LogP contribution in [0.1, 0.15) is 51.8 Å². The first kappa shape index (κ1) is 28.6. The number of nitrogens with one attached hydrogen (secondary N) is 3. The summed E-state index contributed by atoms with van der Waals surface area (Å²) >= 11 is 0. The molecule has 13 nitrogen and oxygen atoms in total. The van der Waals surface area contributed by atoms with E-state index in [-0.39, 0.29) is 50.6 Å². The van der Waals surface area contributed by atoms with E-state index in [4.69, 9.17) is 10.2 Å². The number of anilines is 3. The smallest absolute Gasteiger partial charge is 0.335 e. The van der Waals surface area contributed by atoms with Crippen LogP contribution in [-0.2, 0) is 0 Å². The first-order valence-electron chi connectivity index (χ1n) is 12.0. The van der Waals surface area contributed by atoms with Crippen LogP contribution in [0.25, 0.3) is 0 Å². The molecule has 42 heavy (non-hydrogen) atoms. The third-order valence-electron chi connectivity index (χ3n) is 5.84. The second-order valence-electron chi connectivity index (χ2n) is 8.73. The standard InChI is InChI=1S/C29H20N4O9/c34-25(16-1-3-17(4-2-16)28(37)38)32-23-14-19(26(35)30-21-7-5-18(6-8-21)29(39)40)13-20(15-23)27(36)31-22-9-11-24(12-10-22)33(41)42/h1-15H,(H,30,35)(H,31,36)(H,32,34)(H,37,38)(H,39,40). The molecule has 0 bridgehead atoms. The average molecular weight is 568 g/mol. The third-order valence-corrected chi connectivity index (χ3v) is 5.84. The predicted molar refractivity (Wildman–Crippen MR) is 150 cm³/mol. The maximum Gasteiger partial charge on any atom is 0.335 e. The molecule has 0 aliphatic heterocycles. The second-order valence-corrected chi connectivity index (χ2v) is 8.73. The number of benzene rings is 4. The highest BCUT2D eigenvalue weighted by molar-refractivity contribution is 6.11. The number of nitrogens with zero attached hydrogens (tertiary/aromatic N) is 1. The summed E-state index contributed by atoms with van der Waals surface area (Å²) in [6, 6.07) is 19.4. The van der Waals surface area contributed by atoms with Gasteiger partial charge in [-0.1, -0.05) is 0 Å². The Bertz CT molecular complexity index is 1630. The molecule has 210 valence electrons. The fourth-order valence-electron chi connectivity index (χ4n) is 3.70. The Morgan fingerprint density at radius 3 is 1.29 bits per heavy atom. The van der Waals surface area contributed by atoms with Crippen molar-refractivity contribution in [3.63, 3.8) is 0 Å². The zero-order valence-corrected chi connectivity index (χ0v) is 21.4. The Balaban J connectivity index is 1.62. The number of carboxylic acid groups (broad SMARTS) is 2. The predicted octanol–water partition coefficient (Wildman–Crippen LogP) is 4.75. The highest BCUT2D eigenvalue weighted by atomic mass is 16.6. The fraction of sp³-hybridized carbons (Fsp3) is 0. The lowest BCUT2D eigenvalue weighted by Crippen LogP contribution is -2.18. The zero-order valence-electron chi connectivity index (χ0n) is 21.4. The number of hydrogen-bond acceptors (Lipinski definition) is 7. The summed E-state index contributed by atoms with van der Waals surface area (Å²) in [7, 11) is 0. The molecule has 4 aromatic rings. The van der Waals surface area contributed by atoms with Gasteiger partial charge < -0.3 is 26.2 Å². The van der Waals surface area contributed by atoms with Crippen molar-refractivity contribution in [2.45, 2.75) is 0 Å². The Morgan fingerprint density at radius 2 is 0.857 bits per heavy atom. The molecule has 0 saturated carbocycles. The quantitative estimate of drug-likeness (QED) is 0.139. The van der Waals surface area contributed by atoms with Crippen molar-refractivity contribution >= 4 is 52.4 Å². The molecular weight excluding hydrogens is 548 g/mol. The van der Waals surface area contributed by atoms with Crippen molar-refractivity contribution in [1.82, 2.24) is 0 Å². The van der Waals surface area contributed by atoms with E-state index in [0.29, 0.717) is 0 Å². The van der Waals surface area contributed by atoms with E-state index < -0.39 is 34.6 Å². The SMILES string of the molecule is O=C(O)c1ccc(NC(=O)c2cc(NC(=O)c3ccc(C(=O)O)cc3)cc(C(=O)Nc3ccc([N+](=O)[O-])cc3)c2)cc1. The van der Waals surface area contributed by atoms with E-state index in [0.717, 1.165) is 0 Å². The van der Waals surface area contributed by atoms with Gasteiger partial charge >= 0.3 is 11.9 Å². The van der Waals surface area contributed by atoms with Gasteiger partial charge in [0.25, 0.3) is 23.4 Å². The Morgan fingerprint density at radius 1 is 0.500 bits per heavy atom. The van der Waals surface area contributed by atoms with Gasteiger partial charge in [-0.25, -0.2) is 9.59 Å². The van der Waals surface area contributed by atoms with Gasteiger partial charge in [-0.2, -0.15) is 0 Å². The lowest BCUT2D eigenvalue weighted by molar-refractivity contribution is -0.384. The van der Waals surface area contributed by atoms with Gasteiger partial charge in [-0.15, -0.1) is 0 Å². The van der Waals surface area contributed by atoms with Crippen LogP contribution in [-0.4, -0.2) is 44.8 Å². The first-order valence-corrected chi connectivity index (χ1v) is 12.0. The number of nitro groups is 1. The van der Waals surface area contributed by atoms with Crippen LogP contribution in [0.5, 0.6) is 0 Å². The van der Waals surface area contributed by atoms with Crippen LogP contribution < -0.4 is 16.0 Å². The maximum absolute atomic E-state index is 13.1. The molecule has 0 unspecified atom stereocenters. The third kappa shape index (κ3) is 6.98. The van der Waals surface area contributed by atoms with Crippen LogP contribution in [0.3, 0.4) is 0 Å². The summed E-state index contributed by atoms with van der Waals surface area (Å²) in [5, 5.41) is 36.8. The topological polar surface area (TPSA) is 205 Å². The number of amides is 3. The molecule has 5 N–H and O–H groups in total. The van der Waals surface area contributed by atoms with Gasteiger partial charge in [-0.05, 0) is 78.9 Å². The molecule has 4 rings (SSSR count).